The molecule has 0 saturated heterocycles. The summed E-state index contributed by atoms with van der Waals surface area (Å²) in [5.41, 5.74) is 3.14. The second-order valence-corrected chi connectivity index (χ2v) is 6.22. The van der Waals surface area contributed by atoms with Crippen LogP contribution in [0, 0.1) is 6.92 Å². The van der Waals surface area contributed by atoms with E-state index < -0.39 is 15.9 Å². The molecule has 0 radical (unpaired) electrons. The Kier molecular flexibility index (Phi) is 3.88. The molecule has 104 valence electrons. The Balaban J connectivity index is 2.32. The van der Waals surface area contributed by atoms with E-state index in [1.807, 2.05) is 0 Å². The molecule has 1 aromatic carbocycles. The van der Waals surface area contributed by atoms with Gasteiger partial charge in [-0.1, -0.05) is 6.07 Å². The summed E-state index contributed by atoms with van der Waals surface area (Å²) in [5, 5.41) is 0. The van der Waals surface area contributed by atoms with Crippen molar-refractivity contribution in [3.63, 3.8) is 0 Å². The SMILES string of the molecule is CONC(=O)c1cc(S(=O)(=O)NC2CC2)ccc1C. The number of sulfonamides is 1. The van der Waals surface area contributed by atoms with Crippen molar-refractivity contribution in [2.75, 3.05) is 7.11 Å². The Morgan fingerprint density at radius 3 is 2.63 bits per heavy atom. The fourth-order valence-corrected chi connectivity index (χ4v) is 2.98. The van der Waals surface area contributed by atoms with Gasteiger partial charge in [0.1, 0.15) is 0 Å². The van der Waals surface area contributed by atoms with Gasteiger partial charge < -0.3 is 0 Å². The van der Waals surface area contributed by atoms with Crippen LogP contribution in [0.15, 0.2) is 23.1 Å². The lowest BCUT2D eigenvalue weighted by molar-refractivity contribution is 0.0537. The van der Waals surface area contributed by atoms with Gasteiger partial charge in [0.15, 0.2) is 0 Å². The first-order valence-electron chi connectivity index (χ1n) is 5.90. The molecule has 7 heteroatoms. The maximum Gasteiger partial charge on any atom is 0.275 e. The number of hydrogen-bond donors (Lipinski definition) is 2. The monoisotopic (exact) mass is 284 g/mol. The highest BCUT2D eigenvalue weighted by molar-refractivity contribution is 7.89. The molecule has 1 aliphatic rings. The van der Waals surface area contributed by atoms with Crippen LogP contribution in [0.5, 0.6) is 0 Å². The number of rotatable bonds is 5. The highest BCUT2D eigenvalue weighted by Crippen LogP contribution is 2.23. The summed E-state index contributed by atoms with van der Waals surface area (Å²) < 4.78 is 26.7. The van der Waals surface area contributed by atoms with E-state index in [9.17, 15) is 13.2 Å². The van der Waals surface area contributed by atoms with E-state index in [1.165, 1.54) is 19.2 Å². The molecule has 1 aromatic rings. The predicted octanol–water partition coefficient (Wildman–Crippen LogP) is 0.727. The van der Waals surface area contributed by atoms with Crippen molar-refractivity contribution in [2.45, 2.75) is 30.7 Å². The summed E-state index contributed by atoms with van der Waals surface area (Å²) in [4.78, 5) is 16.4. The fraction of sp³-hybridized carbons (Fsp3) is 0.417. The summed E-state index contributed by atoms with van der Waals surface area (Å²) in [7, 11) is -2.23. The lowest BCUT2D eigenvalue weighted by atomic mass is 10.1. The number of carbonyl (C=O) groups is 1. The van der Waals surface area contributed by atoms with Crippen molar-refractivity contribution < 1.29 is 18.0 Å². The quantitative estimate of drug-likeness (QED) is 0.781. The molecule has 2 rings (SSSR count). The van der Waals surface area contributed by atoms with Crippen LogP contribution in [0.2, 0.25) is 0 Å². The molecule has 6 nitrogen and oxygen atoms in total. The van der Waals surface area contributed by atoms with E-state index >= 15 is 0 Å². The zero-order valence-corrected chi connectivity index (χ0v) is 11.6. The highest BCUT2D eigenvalue weighted by atomic mass is 32.2. The van der Waals surface area contributed by atoms with Gasteiger partial charge in [0.05, 0.1) is 12.0 Å². The van der Waals surface area contributed by atoms with E-state index in [0.29, 0.717) is 5.56 Å². The van der Waals surface area contributed by atoms with Gasteiger partial charge in [-0.3, -0.25) is 9.63 Å². The molecule has 1 amide bonds. The first-order chi connectivity index (χ1) is 8.94. The minimum Gasteiger partial charge on any atom is -0.277 e. The van der Waals surface area contributed by atoms with E-state index in [0.717, 1.165) is 12.8 Å². The molecule has 1 fully saturated rings. The number of nitrogens with one attached hydrogen (secondary N) is 2. The van der Waals surface area contributed by atoms with Crippen LogP contribution in [0.1, 0.15) is 28.8 Å². The van der Waals surface area contributed by atoms with Crippen LogP contribution in [0.4, 0.5) is 0 Å². The van der Waals surface area contributed by atoms with Crippen LogP contribution in [-0.2, 0) is 14.9 Å². The van der Waals surface area contributed by atoms with Crippen molar-refractivity contribution in [3.8, 4) is 0 Å². The van der Waals surface area contributed by atoms with Crippen molar-refractivity contribution in [3.05, 3.63) is 29.3 Å². The second kappa shape index (κ2) is 5.28. The van der Waals surface area contributed by atoms with E-state index in [4.69, 9.17) is 0 Å². The standard InChI is InChI=1S/C12H16N2O4S/c1-8-3-6-10(7-11(8)12(15)13-18-2)19(16,17)14-9-4-5-9/h3,6-7,9,14H,4-5H2,1-2H3,(H,13,15). The van der Waals surface area contributed by atoms with Gasteiger partial charge in [-0.15, -0.1) is 0 Å². The molecule has 19 heavy (non-hydrogen) atoms. The van der Waals surface area contributed by atoms with Gasteiger partial charge in [0.2, 0.25) is 10.0 Å². The van der Waals surface area contributed by atoms with Crippen LogP contribution >= 0.6 is 0 Å². The van der Waals surface area contributed by atoms with Crippen LogP contribution in [-0.4, -0.2) is 27.5 Å². The van der Waals surface area contributed by atoms with Crippen LogP contribution in [0.3, 0.4) is 0 Å². The smallest absolute Gasteiger partial charge is 0.275 e. The molecule has 0 atom stereocenters. The third-order valence-corrected chi connectivity index (χ3v) is 4.38. The topological polar surface area (TPSA) is 84.5 Å². The Bertz CT molecular complexity index is 594. The molecule has 0 bridgehead atoms. The lowest BCUT2D eigenvalue weighted by Crippen LogP contribution is -2.27. The van der Waals surface area contributed by atoms with E-state index in [2.05, 4.69) is 15.0 Å². The highest BCUT2D eigenvalue weighted by Gasteiger charge is 2.28. The first kappa shape index (κ1) is 14.0. The Hall–Kier alpha value is -1.44. The van der Waals surface area contributed by atoms with E-state index in [1.54, 1.807) is 13.0 Å². The number of aryl methyl sites for hydroxylation is 1. The van der Waals surface area contributed by atoms with Crippen molar-refractivity contribution in [1.82, 2.24) is 10.2 Å². The molecular weight excluding hydrogens is 268 g/mol. The second-order valence-electron chi connectivity index (χ2n) is 4.51. The Morgan fingerprint density at radius 1 is 1.37 bits per heavy atom. The van der Waals surface area contributed by atoms with Gasteiger partial charge in [0.25, 0.3) is 5.91 Å². The van der Waals surface area contributed by atoms with Crippen molar-refractivity contribution in [2.24, 2.45) is 0 Å². The predicted molar refractivity (Wildman–Crippen MR) is 69.0 cm³/mol. The molecule has 0 spiro atoms. The number of amides is 1. The molecule has 0 unspecified atom stereocenters. The van der Waals surface area contributed by atoms with Crippen molar-refractivity contribution >= 4 is 15.9 Å². The summed E-state index contributed by atoms with van der Waals surface area (Å²) in [5.74, 6) is -0.469. The third-order valence-electron chi connectivity index (χ3n) is 2.86. The third kappa shape index (κ3) is 3.31. The van der Waals surface area contributed by atoms with Gasteiger partial charge in [-0.25, -0.2) is 18.6 Å². The molecule has 1 aliphatic carbocycles. The van der Waals surface area contributed by atoms with Gasteiger partial charge >= 0.3 is 0 Å². The average Bonchev–Trinajstić information content (AvgIpc) is 3.12. The Morgan fingerprint density at radius 2 is 2.05 bits per heavy atom. The normalized spacial score (nSPS) is 15.3. The van der Waals surface area contributed by atoms with E-state index in [-0.39, 0.29) is 16.5 Å². The minimum absolute atomic E-state index is 0.0301. The van der Waals surface area contributed by atoms with Gasteiger partial charge in [0, 0.05) is 11.6 Å². The number of benzene rings is 1. The number of hydrogen-bond acceptors (Lipinski definition) is 4. The van der Waals surface area contributed by atoms with Gasteiger partial charge in [-0.2, -0.15) is 0 Å². The van der Waals surface area contributed by atoms with Crippen molar-refractivity contribution in [1.29, 1.82) is 0 Å². The van der Waals surface area contributed by atoms with Crippen LogP contribution in [0.25, 0.3) is 0 Å². The molecule has 2 N–H and O–H groups in total. The maximum atomic E-state index is 12.1. The summed E-state index contributed by atoms with van der Waals surface area (Å²) >= 11 is 0. The zero-order chi connectivity index (χ0) is 14.0. The maximum absolute atomic E-state index is 12.1. The summed E-state index contributed by atoms with van der Waals surface area (Å²) in [6.07, 6.45) is 1.73. The molecular formula is C12H16N2O4S. The molecule has 0 aromatic heterocycles. The molecule has 0 aliphatic heterocycles. The summed E-state index contributed by atoms with van der Waals surface area (Å²) in [6, 6.07) is 4.48. The average molecular weight is 284 g/mol. The molecule has 1 saturated carbocycles. The number of hydroxylamine groups is 1. The number of carbonyl (C=O) groups excluding carboxylic acids is 1. The fourth-order valence-electron chi connectivity index (χ4n) is 1.65. The zero-order valence-electron chi connectivity index (χ0n) is 10.8. The Labute approximate surface area is 112 Å². The lowest BCUT2D eigenvalue weighted by Gasteiger charge is -2.09. The van der Waals surface area contributed by atoms with Gasteiger partial charge in [-0.05, 0) is 37.5 Å². The summed E-state index contributed by atoms with van der Waals surface area (Å²) in [6.45, 7) is 1.73. The first-order valence-corrected chi connectivity index (χ1v) is 7.38. The van der Waals surface area contributed by atoms with Crippen LogP contribution < -0.4 is 10.2 Å². The minimum atomic E-state index is -3.56. The largest absolute Gasteiger partial charge is 0.277 e. The molecule has 0 heterocycles.